The number of ether oxygens (including phenoxy) is 1. The second-order valence-electron chi connectivity index (χ2n) is 6.98. The summed E-state index contributed by atoms with van der Waals surface area (Å²) in [5, 5.41) is 3.19. The van der Waals surface area contributed by atoms with Gasteiger partial charge in [0, 0.05) is 55.8 Å². The number of piperazine rings is 1. The molecule has 0 spiro atoms. The largest absolute Gasteiger partial charge is 0.381 e. The Morgan fingerprint density at radius 1 is 1.12 bits per heavy atom. The third-order valence-corrected chi connectivity index (χ3v) is 6.39. The fourth-order valence-corrected chi connectivity index (χ4v) is 4.84. The van der Waals surface area contributed by atoms with Crippen LogP contribution in [0.4, 0.5) is 9.52 Å². The van der Waals surface area contributed by atoms with Crippen LogP contribution in [0.5, 0.6) is 0 Å². The fraction of sp³-hybridized carbons (Fsp3) is 0.526. The number of benzene rings is 1. The molecule has 2 aliphatic heterocycles. The van der Waals surface area contributed by atoms with Crippen LogP contribution < -0.4 is 4.90 Å². The predicted molar refractivity (Wildman–Crippen MR) is 99.1 cm³/mol. The molecule has 2 fully saturated rings. The van der Waals surface area contributed by atoms with E-state index in [4.69, 9.17) is 9.72 Å². The minimum atomic E-state index is -0.370. The minimum Gasteiger partial charge on any atom is -0.381 e. The molecule has 1 aromatic heterocycles. The molecule has 6 heteroatoms. The lowest BCUT2D eigenvalue weighted by molar-refractivity contribution is 0.0610. The molecule has 0 unspecified atom stereocenters. The van der Waals surface area contributed by atoms with E-state index in [1.807, 2.05) is 12.1 Å². The van der Waals surface area contributed by atoms with Gasteiger partial charge in [0.05, 0.1) is 5.69 Å². The highest BCUT2D eigenvalue weighted by molar-refractivity contribution is 7.13. The van der Waals surface area contributed by atoms with E-state index in [1.165, 1.54) is 0 Å². The molecule has 25 heavy (non-hydrogen) atoms. The van der Waals surface area contributed by atoms with E-state index in [-0.39, 0.29) is 11.2 Å². The molecule has 1 aromatic carbocycles. The summed E-state index contributed by atoms with van der Waals surface area (Å²) in [4.78, 5) is 9.66. The van der Waals surface area contributed by atoms with Crippen LogP contribution in [-0.2, 0) is 10.2 Å². The van der Waals surface area contributed by atoms with Crippen molar-refractivity contribution in [3.05, 3.63) is 46.7 Å². The smallest absolute Gasteiger partial charge is 0.185 e. The summed E-state index contributed by atoms with van der Waals surface area (Å²) in [5.41, 5.74) is 1.39. The first-order valence-corrected chi connectivity index (χ1v) is 9.79. The summed E-state index contributed by atoms with van der Waals surface area (Å²) in [5.74, 6) is -0.140. The van der Waals surface area contributed by atoms with Crippen LogP contribution >= 0.6 is 11.3 Å². The summed E-state index contributed by atoms with van der Waals surface area (Å²) in [7, 11) is 2.15. The number of hydrogen-bond donors (Lipinski definition) is 0. The van der Waals surface area contributed by atoms with Crippen LogP contribution in [0.15, 0.2) is 29.6 Å². The van der Waals surface area contributed by atoms with Crippen molar-refractivity contribution in [3.8, 4) is 0 Å². The lowest BCUT2D eigenvalue weighted by atomic mass is 9.72. The zero-order valence-corrected chi connectivity index (χ0v) is 15.4. The van der Waals surface area contributed by atoms with Crippen molar-refractivity contribution in [3.63, 3.8) is 0 Å². The monoisotopic (exact) mass is 361 g/mol. The van der Waals surface area contributed by atoms with Gasteiger partial charge in [-0.3, -0.25) is 0 Å². The molecule has 0 saturated carbocycles. The average Bonchev–Trinajstić information content (AvgIpc) is 3.14. The van der Waals surface area contributed by atoms with E-state index in [0.717, 1.165) is 55.4 Å². The number of likely N-dealkylation sites (N-methyl/N-ethyl adjacent to an activating group) is 1. The number of hydrogen-bond acceptors (Lipinski definition) is 5. The first-order chi connectivity index (χ1) is 12.2. The van der Waals surface area contributed by atoms with E-state index in [9.17, 15) is 4.39 Å². The molecule has 2 aliphatic rings. The van der Waals surface area contributed by atoms with Crippen LogP contribution in [0, 0.1) is 5.82 Å². The Hall–Kier alpha value is -1.50. The molecule has 134 valence electrons. The molecule has 0 radical (unpaired) electrons. The minimum absolute atomic E-state index is 0.140. The summed E-state index contributed by atoms with van der Waals surface area (Å²) in [6, 6.07) is 7.14. The Balaban J connectivity index is 1.68. The van der Waals surface area contributed by atoms with Gasteiger partial charge in [-0.25, -0.2) is 9.37 Å². The van der Waals surface area contributed by atoms with Gasteiger partial charge in [-0.1, -0.05) is 18.2 Å². The Kier molecular flexibility index (Phi) is 4.75. The van der Waals surface area contributed by atoms with Gasteiger partial charge in [0.15, 0.2) is 5.13 Å². The van der Waals surface area contributed by atoms with E-state index in [1.54, 1.807) is 23.5 Å². The lowest BCUT2D eigenvalue weighted by Crippen LogP contribution is -2.44. The molecular formula is C19H24FN3OS. The quantitative estimate of drug-likeness (QED) is 0.840. The highest BCUT2D eigenvalue weighted by Gasteiger charge is 2.40. The summed E-state index contributed by atoms with van der Waals surface area (Å²) in [6.45, 7) is 5.41. The molecule has 0 N–H and O–H groups in total. The normalized spacial score (nSPS) is 21.4. The third kappa shape index (κ3) is 3.18. The molecular weight excluding hydrogens is 337 g/mol. The number of anilines is 1. The molecule has 0 amide bonds. The topological polar surface area (TPSA) is 28.6 Å². The maximum atomic E-state index is 14.6. The van der Waals surface area contributed by atoms with Crippen LogP contribution in [0.3, 0.4) is 0 Å². The lowest BCUT2D eigenvalue weighted by Gasteiger charge is -2.37. The predicted octanol–water partition coefficient (Wildman–Crippen LogP) is 3.13. The van der Waals surface area contributed by atoms with Gasteiger partial charge in [0.2, 0.25) is 0 Å². The average molecular weight is 361 g/mol. The van der Waals surface area contributed by atoms with Crippen molar-refractivity contribution < 1.29 is 9.13 Å². The third-order valence-electron chi connectivity index (χ3n) is 5.49. The van der Waals surface area contributed by atoms with Gasteiger partial charge in [0.1, 0.15) is 5.82 Å². The summed E-state index contributed by atoms with van der Waals surface area (Å²) >= 11 is 1.68. The van der Waals surface area contributed by atoms with Gasteiger partial charge < -0.3 is 14.5 Å². The van der Waals surface area contributed by atoms with E-state index < -0.39 is 0 Å². The molecule has 0 bridgehead atoms. The Morgan fingerprint density at radius 2 is 1.84 bits per heavy atom. The molecule has 2 aromatic rings. The van der Waals surface area contributed by atoms with Crippen molar-refractivity contribution in [2.45, 2.75) is 18.3 Å². The van der Waals surface area contributed by atoms with Crippen molar-refractivity contribution in [2.24, 2.45) is 0 Å². The van der Waals surface area contributed by atoms with Crippen LogP contribution in [-0.4, -0.2) is 56.3 Å². The van der Waals surface area contributed by atoms with Crippen LogP contribution in [0.25, 0.3) is 0 Å². The second-order valence-corrected chi connectivity index (χ2v) is 7.82. The highest BCUT2D eigenvalue weighted by atomic mass is 32.1. The standard InChI is InChI=1S/C19H24FN3OS/c1-22-8-10-23(11-9-22)18-21-17(14-25-18)19(6-12-24-13-7-19)15-4-2-3-5-16(15)20/h2-5,14H,6-13H2,1H3. The van der Waals surface area contributed by atoms with Gasteiger partial charge in [-0.05, 0) is 26.0 Å². The molecule has 0 aliphatic carbocycles. The maximum Gasteiger partial charge on any atom is 0.185 e. The van der Waals surface area contributed by atoms with Crippen molar-refractivity contribution in [1.29, 1.82) is 0 Å². The zero-order valence-electron chi connectivity index (χ0n) is 14.6. The number of halogens is 1. The molecule has 0 atom stereocenters. The van der Waals surface area contributed by atoms with E-state index in [0.29, 0.717) is 13.2 Å². The number of nitrogens with zero attached hydrogens (tertiary/aromatic N) is 3. The second kappa shape index (κ2) is 7.02. The Bertz CT molecular complexity index is 721. The number of thiazole rings is 1. The maximum absolute atomic E-state index is 14.6. The van der Waals surface area contributed by atoms with Gasteiger partial charge in [-0.15, -0.1) is 11.3 Å². The van der Waals surface area contributed by atoms with E-state index in [2.05, 4.69) is 22.2 Å². The number of aromatic nitrogens is 1. The highest BCUT2D eigenvalue weighted by Crippen LogP contribution is 2.43. The first-order valence-electron chi connectivity index (χ1n) is 8.91. The zero-order chi connectivity index (χ0) is 17.3. The SMILES string of the molecule is CN1CCN(c2nc(C3(c4ccccc4F)CCOCC3)cs2)CC1. The fourth-order valence-electron chi connectivity index (χ4n) is 3.86. The van der Waals surface area contributed by atoms with Gasteiger partial charge in [0.25, 0.3) is 0 Å². The Labute approximate surface area is 152 Å². The summed E-state index contributed by atoms with van der Waals surface area (Å²) < 4.78 is 20.2. The molecule has 2 saturated heterocycles. The van der Waals surface area contributed by atoms with Gasteiger partial charge >= 0.3 is 0 Å². The van der Waals surface area contributed by atoms with Crippen LogP contribution in [0.2, 0.25) is 0 Å². The van der Waals surface area contributed by atoms with Crippen molar-refractivity contribution in [2.75, 3.05) is 51.3 Å². The van der Waals surface area contributed by atoms with Gasteiger partial charge in [-0.2, -0.15) is 0 Å². The van der Waals surface area contributed by atoms with Crippen LogP contribution in [0.1, 0.15) is 24.1 Å². The molecule has 4 nitrogen and oxygen atoms in total. The first kappa shape index (κ1) is 16.9. The van der Waals surface area contributed by atoms with Crippen molar-refractivity contribution in [1.82, 2.24) is 9.88 Å². The molecule has 4 rings (SSSR count). The summed E-state index contributed by atoms with van der Waals surface area (Å²) in [6.07, 6.45) is 1.56. The number of rotatable bonds is 3. The van der Waals surface area contributed by atoms with Crippen molar-refractivity contribution >= 4 is 16.5 Å². The van der Waals surface area contributed by atoms with E-state index >= 15 is 0 Å². The molecule has 3 heterocycles. The Morgan fingerprint density at radius 3 is 2.56 bits per heavy atom.